The topological polar surface area (TPSA) is 56.3 Å². The number of nitrogens with one attached hydrogen (secondary N) is 1. The van der Waals surface area contributed by atoms with Crippen molar-refractivity contribution in [3.05, 3.63) is 59.5 Å². The molecule has 2 aromatic carbocycles. The standard InChI is InChI=1S/C26H25FN2O2/c27-15-4-5-18-20(8-15)19-2-1-3-23-25(19)22(13-28-23)21(18)9-24(30)29-16-6-14-7-17(29)12-26(31,10-14)11-16/h1-5,8,13-14,16-17,21,28,31H,6-7,9-12H2. The minimum absolute atomic E-state index is 0.0907. The van der Waals surface area contributed by atoms with Crippen LogP contribution in [0.25, 0.3) is 22.0 Å². The number of fused-ring (bicyclic) bond motifs is 2. The Hall–Kier alpha value is -2.66. The summed E-state index contributed by atoms with van der Waals surface area (Å²) in [7, 11) is 0. The van der Waals surface area contributed by atoms with Gasteiger partial charge in [0.1, 0.15) is 5.82 Å². The van der Waals surface area contributed by atoms with Crippen LogP contribution in [0.3, 0.4) is 0 Å². The molecule has 158 valence electrons. The van der Waals surface area contributed by atoms with Gasteiger partial charge in [0, 0.05) is 41.5 Å². The summed E-state index contributed by atoms with van der Waals surface area (Å²) in [5.74, 6) is 0.386. The monoisotopic (exact) mass is 416 g/mol. The summed E-state index contributed by atoms with van der Waals surface area (Å²) < 4.78 is 14.2. The van der Waals surface area contributed by atoms with Crippen molar-refractivity contribution < 1.29 is 14.3 Å². The Morgan fingerprint density at radius 2 is 1.90 bits per heavy atom. The average Bonchev–Trinajstić information content (AvgIpc) is 3.14. The second kappa shape index (κ2) is 5.98. The van der Waals surface area contributed by atoms with Gasteiger partial charge < -0.3 is 15.0 Å². The maximum Gasteiger partial charge on any atom is 0.224 e. The predicted octanol–water partition coefficient (Wildman–Crippen LogP) is 4.71. The number of benzene rings is 2. The average molecular weight is 416 g/mol. The molecule has 5 heteroatoms. The van der Waals surface area contributed by atoms with Crippen LogP contribution >= 0.6 is 0 Å². The van der Waals surface area contributed by atoms with Crippen LogP contribution in [0.5, 0.6) is 0 Å². The molecule has 3 unspecified atom stereocenters. The van der Waals surface area contributed by atoms with E-state index >= 15 is 0 Å². The van der Waals surface area contributed by atoms with Crippen LogP contribution in [0.4, 0.5) is 4.39 Å². The molecular weight excluding hydrogens is 391 g/mol. The third-order valence-electron chi connectivity index (χ3n) is 8.36. The number of hydrogen-bond acceptors (Lipinski definition) is 2. The molecule has 2 saturated carbocycles. The number of carbonyl (C=O) groups excluding carboxylic acids is 1. The highest BCUT2D eigenvalue weighted by molar-refractivity contribution is 6.02. The maximum atomic E-state index is 14.2. The van der Waals surface area contributed by atoms with Gasteiger partial charge in [0.25, 0.3) is 0 Å². The van der Waals surface area contributed by atoms with Gasteiger partial charge in [-0.05, 0) is 78.5 Å². The Morgan fingerprint density at radius 1 is 1.10 bits per heavy atom. The molecule has 4 fully saturated rings. The first kappa shape index (κ1) is 18.0. The van der Waals surface area contributed by atoms with Gasteiger partial charge in [0.05, 0.1) is 5.60 Å². The van der Waals surface area contributed by atoms with E-state index in [1.807, 2.05) is 30.5 Å². The minimum Gasteiger partial charge on any atom is -0.390 e. The zero-order valence-corrected chi connectivity index (χ0v) is 17.3. The third-order valence-corrected chi connectivity index (χ3v) is 8.36. The van der Waals surface area contributed by atoms with Crippen LogP contribution in [0.2, 0.25) is 0 Å². The molecule has 8 rings (SSSR count). The smallest absolute Gasteiger partial charge is 0.224 e. The number of H-pyrrole nitrogens is 1. The molecule has 4 bridgehead atoms. The molecule has 3 aromatic rings. The maximum absolute atomic E-state index is 14.2. The van der Waals surface area contributed by atoms with Crippen molar-refractivity contribution in [3.8, 4) is 11.1 Å². The van der Waals surface area contributed by atoms with Gasteiger partial charge in [0.15, 0.2) is 0 Å². The highest BCUT2D eigenvalue weighted by atomic mass is 19.1. The van der Waals surface area contributed by atoms with Crippen LogP contribution in [0.15, 0.2) is 42.6 Å². The molecule has 31 heavy (non-hydrogen) atoms. The molecule has 3 atom stereocenters. The van der Waals surface area contributed by atoms with Crippen molar-refractivity contribution >= 4 is 16.8 Å². The summed E-state index contributed by atoms with van der Waals surface area (Å²) in [6.45, 7) is 0. The molecule has 2 N–H and O–H groups in total. The summed E-state index contributed by atoms with van der Waals surface area (Å²) >= 11 is 0. The lowest BCUT2D eigenvalue weighted by molar-refractivity contribution is -0.174. The van der Waals surface area contributed by atoms with Crippen LogP contribution < -0.4 is 0 Å². The number of amides is 1. The van der Waals surface area contributed by atoms with Gasteiger partial charge in [-0.1, -0.05) is 18.2 Å². The number of aromatic amines is 1. The number of hydrogen-bond donors (Lipinski definition) is 2. The molecule has 2 saturated heterocycles. The molecule has 1 aromatic heterocycles. The Kier molecular flexibility index (Phi) is 3.46. The van der Waals surface area contributed by atoms with E-state index in [9.17, 15) is 14.3 Å². The fraction of sp³-hybridized carbons (Fsp3) is 0.423. The second-order valence-electron chi connectivity index (χ2n) is 10.2. The molecule has 3 heterocycles. The molecule has 5 aliphatic rings. The summed E-state index contributed by atoms with van der Waals surface area (Å²) in [5.41, 5.74) is 4.54. The van der Waals surface area contributed by atoms with Crippen LogP contribution in [0.1, 0.15) is 55.6 Å². The number of piperidine rings is 2. The first-order chi connectivity index (χ1) is 15.0. The second-order valence-corrected chi connectivity index (χ2v) is 10.2. The fourth-order valence-corrected chi connectivity index (χ4v) is 7.44. The van der Waals surface area contributed by atoms with E-state index in [0.717, 1.165) is 65.3 Å². The van der Waals surface area contributed by atoms with Crippen molar-refractivity contribution in [3.63, 3.8) is 0 Å². The van der Waals surface area contributed by atoms with E-state index < -0.39 is 5.60 Å². The molecule has 0 spiro atoms. The van der Waals surface area contributed by atoms with Crippen LogP contribution in [0, 0.1) is 11.7 Å². The van der Waals surface area contributed by atoms with Crippen molar-refractivity contribution in [2.75, 3.05) is 0 Å². The largest absolute Gasteiger partial charge is 0.390 e. The van der Waals surface area contributed by atoms with Crippen LogP contribution in [-0.2, 0) is 4.79 Å². The van der Waals surface area contributed by atoms with Crippen molar-refractivity contribution in [1.82, 2.24) is 9.88 Å². The Morgan fingerprint density at radius 3 is 2.68 bits per heavy atom. The lowest BCUT2D eigenvalue weighted by Gasteiger charge is -2.59. The lowest BCUT2D eigenvalue weighted by Crippen LogP contribution is -2.65. The zero-order valence-electron chi connectivity index (χ0n) is 17.3. The van der Waals surface area contributed by atoms with E-state index in [2.05, 4.69) is 9.88 Å². The Labute approximate surface area is 180 Å². The Bertz CT molecular complexity index is 1230. The zero-order chi connectivity index (χ0) is 20.9. The first-order valence-electron chi connectivity index (χ1n) is 11.4. The molecule has 2 aliphatic heterocycles. The lowest BCUT2D eigenvalue weighted by atomic mass is 9.61. The number of rotatable bonds is 2. The van der Waals surface area contributed by atoms with Crippen molar-refractivity contribution in [2.24, 2.45) is 5.92 Å². The van der Waals surface area contributed by atoms with Gasteiger partial charge in [0.2, 0.25) is 5.91 Å². The molecule has 0 radical (unpaired) electrons. The molecule has 3 aliphatic carbocycles. The van der Waals surface area contributed by atoms with E-state index in [-0.39, 0.29) is 29.7 Å². The number of aliphatic hydroxyl groups is 1. The summed E-state index contributed by atoms with van der Waals surface area (Å²) in [6, 6.07) is 11.4. The highest BCUT2D eigenvalue weighted by Crippen LogP contribution is 2.52. The molecule has 1 amide bonds. The van der Waals surface area contributed by atoms with Gasteiger partial charge in [-0.15, -0.1) is 0 Å². The van der Waals surface area contributed by atoms with E-state index in [0.29, 0.717) is 12.3 Å². The SMILES string of the molecule is O=C(CC1c2ccc(F)cc2-c2cccc3[nH]cc1c23)N1C2CC3CC1CC(O)(C3)C2. The quantitative estimate of drug-likeness (QED) is 0.636. The number of nitrogens with zero attached hydrogens (tertiary/aromatic N) is 1. The van der Waals surface area contributed by atoms with Crippen molar-refractivity contribution in [1.29, 1.82) is 0 Å². The van der Waals surface area contributed by atoms with Gasteiger partial charge in [-0.3, -0.25) is 4.79 Å². The summed E-state index contributed by atoms with van der Waals surface area (Å²) in [6.07, 6.45) is 6.79. The third kappa shape index (κ3) is 2.47. The van der Waals surface area contributed by atoms with Crippen LogP contribution in [-0.4, -0.2) is 38.6 Å². The van der Waals surface area contributed by atoms with E-state index in [1.165, 1.54) is 6.07 Å². The number of aromatic nitrogens is 1. The highest BCUT2D eigenvalue weighted by Gasteiger charge is 2.55. The summed E-state index contributed by atoms with van der Waals surface area (Å²) in [4.78, 5) is 19.2. The normalized spacial score (nSPS) is 32.5. The number of carbonyl (C=O) groups is 1. The fourth-order valence-electron chi connectivity index (χ4n) is 7.44. The first-order valence-corrected chi connectivity index (χ1v) is 11.4. The van der Waals surface area contributed by atoms with Crippen molar-refractivity contribution in [2.45, 2.75) is 62.1 Å². The molecular formula is C26H25FN2O2. The number of halogens is 1. The predicted molar refractivity (Wildman–Crippen MR) is 116 cm³/mol. The molecule has 4 nitrogen and oxygen atoms in total. The van der Waals surface area contributed by atoms with Gasteiger partial charge >= 0.3 is 0 Å². The minimum atomic E-state index is -0.562. The summed E-state index contributed by atoms with van der Waals surface area (Å²) in [5, 5.41) is 12.0. The van der Waals surface area contributed by atoms with Gasteiger partial charge in [-0.2, -0.15) is 0 Å². The van der Waals surface area contributed by atoms with Gasteiger partial charge in [-0.25, -0.2) is 4.39 Å². The van der Waals surface area contributed by atoms with E-state index in [1.54, 1.807) is 6.07 Å². The Balaban J connectivity index is 1.29. The van der Waals surface area contributed by atoms with E-state index in [4.69, 9.17) is 0 Å².